The van der Waals surface area contributed by atoms with Gasteiger partial charge in [0.05, 0.1) is 17.6 Å². The van der Waals surface area contributed by atoms with Crippen LogP contribution in [0.4, 0.5) is 29.6 Å². The number of tetrazole rings is 1. The van der Waals surface area contributed by atoms with Crippen molar-refractivity contribution >= 4 is 29.5 Å². The minimum Gasteiger partial charge on any atom is -0.406 e. The molecular weight excluding hydrogens is 569 g/mol. The van der Waals surface area contributed by atoms with E-state index in [-0.39, 0.29) is 30.6 Å². The highest BCUT2D eigenvalue weighted by Gasteiger charge is 2.51. The minimum absolute atomic E-state index is 0.0286. The van der Waals surface area contributed by atoms with E-state index in [4.69, 9.17) is 0 Å². The number of aromatic nitrogens is 4. The van der Waals surface area contributed by atoms with Gasteiger partial charge in [0.15, 0.2) is 0 Å². The fourth-order valence-corrected chi connectivity index (χ4v) is 5.87. The summed E-state index contributed by atoms with van der Waals surface area (Å²) in [6, 6.07) is 11.1. The van der Waals surface area contributed by atoms with E-state index in [1.807, 2.05) is 7.05 Å². The molecule has 4 amide bonds. The Kier molecular flexibility index (Phi) is 8.35. The van der Waals surface area contributed by atoms with Crippen LogP contribution in [0.15, 0.2) is 48.5 Å². The van der Waals surface area contributed by atoms with Gasteiger partial charge in [0.25, 0.3) is 11.9 Å². The van der Waals surface area contributed by atoms with Crippen molar-refractivity contribution in [1.29, 1.82) is 0 Å². The van der Waals surface area contributed by atoms with Crippen LogP contribution in [0, 0.1) is 5.92 Å². The Morgan fingerprint density at radius 3 is 2.37 bits per heavy atom. The number of halogens is 3. The number of H-pyrrole nitrogens is 1. The van der Waals surface area contributed by atoms with E-state index in [0.29, 0.717) is 24.3 Å². The Balaban J connectivity index is 1.40. The number of carbonyl (C=O) groups excluding carboxylic acids is 3. The number of nitrogens with zero attached hydrogens (tertiary/aromatic N) is 5. The van der Waals surface area contributed by atoms with Gasteiger partial charge in [-0.25, -0.2) is 9.69 Å². The highest BCUT2D eigenvalue weighted by Crippen LogP contribution is 2.45. The van der Waals surface area contributed by atoms with Crippen LogP contribution in [0.25, 0.3) is 0 Å². The quantitative estimate of drug-likeness (QED) is 0.348. The summed E-state index contributed by atoms with van der Waals surface area (Å²) in [4.78, 5) is 42.8. The van der Waals surface area contributed by atoms with Gasteiger partial charge in [-0.1, -0.05) is 17.2 Å². The van der Waals surface area contributed by atoms with Gasteiger partial charge in [-0.05, 0) is 92.7 Å². The highest BCUT2D eigenvalue weighted by molar-refractivity contribution is 6.16. The summed E-state index contributed by atoms with van der Waals surface area (Å²) in [5.74, 6) is -0.897. The summed E-state index contributed by atoms with van der Waals surface area (Å²) >= 11 is 0. The third kappa shape index (κ3) is 6.61. The van der Waals surface area contributed by atoms with Gasteiger partial charge in [0.2, 0.25) is 5.91 Å². The van der Waals surface area contributed by atoms with Crippen molar-refractivity contribution < 1.29 is 32.3 Å². The van der Waals surface area contributed by atoms with Crippen molar-refractivity contribution in [3.05, 3.63) is 59.7 Å². The predicted octanol–water partition coefficient (Wildman–Crippen LogP) is 4.25. The Hall–Kier alpha value is -4.53. The maximum absolute atomic E-state index is 14.1. The summed E-state index contributed by atoms with van der Waals surface area (Å²) < 4.78 is 41.9. The first-order chi connectivity index (χ1) is 20.5. The molecule has 3 N–H and O–H groups in total. The topological polar surface area (TPSA) is 145 Å². The molecule has 1 aromatic heterocycles. The Morgan fingerprint density at radius 2 is 1.79 bits per heavy atom. The van der Waals surface area contributed by atoms with Gasteiger partial charge in [0, 0.05) is 18.2 Å². The Bertz CT molecular complexity index is 1440. The second-order valence-corrected chi connectivity index (χ2v) is 10.8. The fourth-order valence-electron chi connectivity index (χ4n) is 5.87. The zero-order valence-electron chi connectivity index (χ0n) is 23.5. The molecule has 5 rings (SSSR count). The number of imide groups is 1. The maximum atomic E-state index is 14.1. The van der Waals surface area contributed by atoms with E-state index in [1.165, 1.54) is 12.1 Å². The second kappa shape index (κ2) is 12.0. The van der Waals surface area contributed by atoms with E-state index in [2.05, 4.69) is 42.9 Å². The third-order valence-corrected chi connectivity index (χ3v) is 8.30. The number of aromatic amines is 1. The molecule has 0 bridgehead atoms. The molecule has 2 heterocycles. The monoisotopic (exact) mass is 600 g/mol. The predicted molar refractivity (Wildman–Crippen MR) is 148 cm³/mol. The summed E-state index contributed by atoms with van der Waals surface area (Å²) in [6.45, 7) is 2.28. The lowest BCUT2D eigenvalue weighted by atomic mass is 9.70. The number of anilines is 2. The van der Waals surface area contributed by atoms with E-state index in [9.17, 15) is 27.6 Å². The maximum Gasteiger partial charge on any atom is 0.573 e. The van der Waals surface area contributed by atoms with Crippen molar-refractivity contribution in [3.8, 4) is 5.75 Å². The van der Waals surface area contributed by atoms with Crippen LogP contribution < -0.4 is 20.3 Å². The van der Waals surface area contributed by atoms with Crippen LogP contribution in [0.3, 0.4) is 0 Å². The fraction of sp³-hybridized carbons (Fsp3) is 0.429. The first-order valence-corrected chi connectivity index (χ1v) is 13.8. The molecule has 2 aromatic carbocycles. The van der Waals surface area contributed by atoms with Gasteiger partial charge < -0.3 is 15.0 Å². The molecule has 43 heavy (non-hydrogen) atoms. The molecule has 12 nitrogen and oxygen atoms in total. The molecule has 3 aromatic rings. The molecule has 1 aliphatic heterocycles. The third-order valence-electron chi connectivity index (χ3n) is 8.30. The molecule has 1 spiro atoms. The number of benzene rings is 2. The average molecular weight is 601 g/mol. The van der Waals surface area contributed by atoms with Crippen LogP contribution in [-0.2, 0) is 11.3 Å². The molecule has 228 valence electrons. The van der Waals surface area contributed by atoms with E-state index < -0.39 is 35.5 Å². The van der Waals surface area contributed by atoms with Crippen LogP contribution in [-0.4, -0.2) is 68.4 Å². The van der Waals surface area contributed by atoms with E-state index in [1.54, 1.807) is 29.2 Å². The molecule has 0 radical (unpaired) electrons. The zero-order chi connectivity index (χ0) is 30.8. The number of carbonyl (C=O) groups is 3. The molecular formula is C28H31F3N8O4. The summed E-state index contributed by atoms with van der Waals surface area (Å²) in [7, 11) is 1.91. The summed E-state index contributed by atoms with van der Waals surface area (Å²) in [5, 5.41) is 18.8. The van der Waals surface area contributed by atoms with Crippen molar-refractivity contribution in [3.63, 3.8) is 0 Å². The number of nitrogens with one attached hydrogen (secondary N) is 3. The highest BCUT2D eigenvalue weighted by atomic mass is 19.4. The SMILES string of the molecule is CNC(C)C1CCC2(CC1)CC(=O)N(c1ccc(OC(F)(F)F)cc1)C(=O)N2Cc1ccc(C(=O)Nc2nn[nH]n2)cc1. The van der Waals surface area contributed by atoms with Crippen molar-refractivity contribution in [1.82, 2.24) is 30.8 Å². The Morgan fingerprint density at radius 1 is 1.12 bits per heavy atom. The number of hydrogen-bond donors (Lipinski definition) is 3. The molecule has 1 saturated carbocycles. The minimum atomic E-state index is -4.87. The number of rotatable bonds is 8. The molecule has 2 aliphatic rings. The van der Waals surface area contributed by atoms with Gasteiger partial charge >= 0.3 is 12.4 Å². The van der Waals surface area contributed by atoms with Crippen molar-refractivity contribution in [2.45, 2.75) is 63.5 Å². The van der Waals surface area contributed by atoms with E-state index in [0.717, 1.165) is 35.4 Å². The average Bonchev–Trinajstić information content (AvgIpc) is 3.49. The smallest absolute Gasteiger partial charge is 0.406 e. The Labute approximate surface area is 244 Å². The van der Waals surface area contributed by atoms with Gasteiger partial charge in [-0.2, -0.15) is 5.21 Å². The first kappa shape index (κ1) is 29.9. The molecule has 2 fully saturated rings. The van der Waals surface area contributed by atoms with Crippen LogP contribution >= 0.6 is 0 Å². The van der Waals surface area contributed by atoms with Gasteiger partial charge in [0.1, 0.15) is 5.75 Å². The number of amides is 4. The molecule has 1 atom stereocenters. The summed E-state index contributed by atoms with van der Waals surface area (Å²) in [5.41, 5.74) is 0.503. The zero-order valence-corrected chi connectivity index (χ0v) is 23.5. The van der Waals surface area contributed by atoms with Crippen LogP contribution in [0.5, 0.6) is 5.75 Å². The number of alkyl halides is 3. The molecule has 15 heteroatoms. The summed E-state index contributed by atoms with van der Waals surface area (Å²) in [6.07, 6.45) is -1.91. The lowest BCUT2D eigenvalue weighted by Crippen LogP contribution is -2.65. The number of ether oxygens (including phenoxy) is 1. The lowest BCUT2D eigenvalue weighted by molar-refractivity contribution is -0.274. The van der Waals surface area contributed by atoms with Crippen LogP contribution in [0.1, 0.15) is 54.9 Å². The number of hydrogen-bond acceptors (Lipinski definition) is 8. The van der Waals surface area contributed by atoms with Crippen LogP contribution in [0.2, 0.25) is 0 Å². The first-order valence-electron chi connectivity index (χ1n) is 13.8. The van der Waals surface area contributed by atoms with Gasteiger partial charge in [-0.15, -0.1) is 18.3 Å². The molecule has 1 aliphatic carbocycles. The van der Waals surface area contributed by atoms with Gasteiger partial charge in [-0.3, -0.25) is 14.9 Å². The molecule has 1 unspecified atom stereocenters. The lowest BCUT2D eigenvalue weighted by Gasteiger charge is -2.52. The van der Waals surface area contributed by atoms with Crippen molar-refractivity contribution in [2.75, 3.05) is 17.3 Å². The standard InChI is InChI=1S/C28H31F3N8O4/c1-17(32-2)19-11-13-27(14-12-19)15-23(40)39(21-7-9-22(10-8-21)43-28(29,30)31)26(42)38(27)16-18-3-5-20(6-4-18)24(41)33-25-34-36-37-35-25/h3-10,17,19,32H,11-16H2,1-2H3,(H2,33,34,35,36,37,41). The van der Waals surface area contributed by atoms with Crippen molar-refractivity contribution in [2.24, 2.45) is 5.92 Å². The second-order valence-electron chi connectivity index (χ2n) is 10.8. The normalized spacial score (nSPS) is 21.7. The molecule has 1 saturated heterocycles. The largest absolute Gasteiger partial charge is 0.573 e. The van der Waals surface area contributed by atoms with E-state index >= 15 is 0 Å². The number of urea groups is 1.